The van der Waals surface area contributed by atoms with E-state index in [9.17, 15) is 0 Å². The summed E-state index contributed by atoms with van der Waals surface area (Å²) in [6.45, 7) is 3.82. The maximum Gasteiger partial charge on any atom is 0.0814 e. The van der Waals surface area contributed by atoms with E-state index < -0.39 is 0 Å². The molecular weight excluding hydrogens is 168 g/mol. The van der Waals surface area contributed by atoms with Crippen molar-refractivity contribution in [1.29, 1.82) is 0 Å². The summed E-state index contributed by atoms with van der Waals surface area (Å²) in [5.74, 6) is 0. The summed E-state index contributed by atoms with van der Waals surface area (Å²) >= 11 is 0. The fraction of sp³-hybridized carbons (Fsp3) is 1.00. The lowest BCUT2D eigenvalue weighted by Crippen LogP contribution is -2.19. The van der Waals surface area contributed by atoms with Crippen molar-refractivity contribution >= 4 is 0 Å². The first-order valence-electron chi connectivity index (χ1n) is 5.21. The first-order valence-corrected chi connectivity index (χ1v) is 5.21. The van der Waals surface area contributed by atoms with E-state index in [-0.39, 0.29) is 18.8 Å². The highest BCUT2D eigenvalue weighted by Crippen LogP contribution is 2.19. The van der Waals surface area contributed by atoms with Gasteiger partial charge in [-0.2, -0.15) is 0 Å². The fourth-order valence-corrected chi connectivity index (χ4v) is 1.50. The lowest BCUT2D eigenvalue weighted by Gasteiger charge is -2.11. The zero-order valence-electron chi connectivity index (χ0n) is 8.37. The van der Waals surface area contributed by atoms with Crippen LogP contribution in [-0.4, -0.2) is 37.1 Å². The fourth-order valence-electron chi connectivity index (χ4n) is 1.50. The second-order valence-electron chi connectivity index (χ2n) is 3.57. The molecule has 1 heterocycles. The number of ether oxygens (including phenoxy) is 2. The Kier molecular flexibility index (Phi) is 5.35. The van der Waals surface area contributed by atoms with Crippen LogP contribution in [0.15, 0.2) is 0 Å². The highest BCUT2D eigenvalue weighted by atomic mass is 16.5. The highest BCUT2D eigenvalue weighted by Gasteiger charge is 2.24. The van der Waals surface area contributed by atoms with E-state index >= 15 is 0 Å². The van der Waals surface area contributed by atoms with Crippen LogP contribution < -0.4 is 0 Å². The molecule has 0 aromatic rings. The van der Waals surface area contributed by atoms with Crippen molar-refractivity contribution in [2.75, 3.05) is 19.8 Å². The molecular formula is C10H20O3. The van der Waals surface area contributed by atoms with Gasteiger partial charge >= 0.3 is 0 Å². The summed E-state index contributed by atoms with van der Waals surface area (Å²) in [7, 11) is 0. The molecule has 1 rings (SSSR count). The third-order valence-corrected chi connectivity index (χ3v) is 2.35. The Bertz CT molecular complexity index is 127. The van der Waals surface area contributed by atoms with Gasteiger partial charge in [0, 0.05) is 6.61 Å². The SMILES string of the molecule is CCCCOCC1CCC(CO)O1. The first kappa shape index (κ1) is 11.0. The summed E-state index contributed by atoms with van der Waals surface area (Å²) in [4.78, 5) is 0. The van der Waals surface area contributed by atoms with Gasteiger partial charge in [0.15, 0.2) is 0 Å². The van der Waals surface area contributed by atoms with Gasteiger partial charge in [0.05, 0.1) is 25.4 Å². The number of rotatable bonds is 6. The lowest BCUT2D eigenvalue weighted by molar-refractivity contribution is -0.0317. The Hall–Kier alpha value is -0.120. The van der Waals surface area contributed by atoms with Gasteiger partial charge < -0.3 is 14.6 Å². The molecule has 0 aromatic carbocycles. The van der Waals surface area contributed by atoms with Crippen LogP contribution in [0.1, 0.15) is 32.6 Å². The number of unbranched alkanes of at least 4 members (excludes halogenated alkanes) is 1. The molecule has 3 heteroatoms. The van der Waals surface area contributed by atoms with Crippen molar-refractivity contribution < 1.29 is 14.6 Å². The molecule has 1 aliphatic heterocycles. The Balaban J connectivity index is 1.97. The third-order valence-electron chi connectivity index (χ3n) is 2.35. The molecule has 1 aliphatic rings. The summed E-state index contributed by atoms with van der Waals surface area (Å²) in [5, 5.41) is 8.83. The largest absolute Gasteiger partial charge is 0.394 e. The van der Waals surface area contributed by atoms with Crippen molar-refractivity contribution in [3.05, 3.63) is 0 Å². The lowest BCUT2D eigenvalue weighted by atomic mass is 10.2. The number of aliphatic hydroxyl groups is 1. The van der Waals surface area contributed by atoms with Crippen molar-refractivity contribution in [3.63, 3.8) is 0 Å². The van der Waals surface area contributed by atoms with Crippen molar-refractivity contribution in [1.82, 2.24) is 0 Å². The van der Waals surface area contributed by atoms with E-state index in [0.29, 0.717) is 6.61 Å². The van der Waals surface area contributed by atoms with Gasteiger partial charge in [-0.05, 0) is 19.3 Å². The molecule has 2 unspecified atom stereocenters. The van der Waals surface area contributed by atoms with Crippen LogP contribution >= 0.6 is 0 Å². The number of aliphatic hydroxyl groups excluding tert-OH is 1. The average molecular weight is 188 g/mol. The molecule has 0 saturated carbocycles. The molecule has 1 N–H and O–H groups in total. The third kappa shape index (κ3) is 4.07. The maximum atomic E-state index is 8.83. The van der Waals surface area contributed by atoms with Crippen LogP contribution in [0.25, 0.3) is 0 Å². The highest BCUT2D eigenvalue weighted by molar-refractivity contribution is 4.72. The van der Waals surface area contributed by atoms with Gasteiger partial charge in [0.1, 0.15) is 0 Å². The van der Waals surface area contributed by atoms with Crippen LogP contribution in [0, 0.1) is 0 Å². The summed E-state index contributed by atoms with van der Waals surface area (Å²) in [6.07, 6.45) is 4.56. The molecule has 0 bridgehead atoms. The van der Waals surface area contributed by atoms with Crippen LogP contribution in [0.2, 0.25) is 0 Å². The molecule has 13 heavy (non-hydrogen) atoms. The van der Waals surface area contributed by atoms with Crippen LogP contribution in [0.3, 0.4) is 0 Å². The van der Waals surface area contributed by atoms with Gasteiger partial charge in [-0.3, -0.25) is 0 Å². The zero-order chi connectivity index (χ0) is 9.52. The average Bonchev–Trinajstić information content (AvgIpc) is 2.60. The predicted molar refractivity (Wildman–Crippen MR) is 50.7 cm³/mol. The quantitative estimate of drug-likeness (QED) is 0.639. The van der Waals surface area contributed by atoms with E-state index in [1.807, 2.05) is 0 Å². The topological polar surface area (TPSA) is 38.7 Å². The van der Waals surface area contributed by atoms with Crippen LogP contribution in [-0.2, 0) is 9.47 Å². The monoisotopic (exact) mass is 188 g/mol. The summed E-state index contributed by atoms with van der Waals surface area (Å²) in [5.41, 5.74) is 0. The second-order valence-corrected chi connectivity index (χ2v) is 3.57. The van der Waals surface area contributed by atoms with E-state index in [0.717, 1.165) is 25.9 Å². The van der Waals surface area contributed by atoms with E-state index in [1.165, 1.54) is 6.42 Å². The first-order chi connectivity index (χ1) is 6.36. The standard InChI is InChI=1S/C10H20O3/c1-2-3-6-12-8-10-5-4-9(7-11)13-10/h9-11H,2-8H2,1H3. The molecule has 0 aliphatic carbocycles. The zero-order valence-corrected chi connectivity index (χ0v) is 8.37. The van der Waals surface area contributed by atoms with Crippen molar-refractivity contribution in [2.45, 2.75) is 44.8 Å². The van der Waals surface area contributed by atoms with Crippen molar-refractivity contribution in [2.24, 2.45) is 0 Å². The normalized spacial score (nSPS) is 28.2. The van der Waals surface area contributed by atoms with Crippen molar-refractivity contribution in [3.8, 4) is 0 Å². The minimum absolute atomic E-state index is 0.0553. The Morgan fingerprint density at radius 1 is 1.38 bits per heavy atom. The van der Waals surface area contributed by atoms with Gasteiger partial charge in [0.25, 0.3) is 0 Å². The van der Waals surface area contributed by atoms with Gasteiger partial charge in [-0.1, -0.05) is 13.3 Å². The van der Waals surface area contributed by atoms with Crippen LogP contribution in [0.5, 0.6) is 0 Å². The molecule has 1 saturated heterocycles. The Morgan fingerprint density at radius 3 is 2.77 bits per heavy atom. The van der Waals surface area contributed by atoms with Crippen LogP contribution in [0.4, 0.5) is 0 Å². The molecule has 0 radical (unpaired) electrons. The summed E-state index contributed by atoms with van der Waals surface area (Å²) in [6, 6.07) is 0. The molecule has 0 amide bonds. The van der Waals surface area contributed by atoms with E-state index in [1.54, 1.807) is 0 Å². The number of hydrogen-bond donors (Lipinski definition) is 1. The summed E-state index contributed by atoms with van der Waals surface area (Å²) < 4.78 is 11.0. The number of hydrogen-bond acceptors (Lipinski definition) is 3. The molecule has 0 aromatic heterocycles. The van der Waals surface area contributed by atoms with E-state index in [2.05, 4.69) is 6.92 Å². The minimum Gasteiger partial charge on any atom is -0.394 e. The Labute approximate surface area is 80.0 Å². The Morgan fingerprint density at radius 2 is 2.15 bits per heavy atom. The second kappa shape index (κ2) is 6.35. The maximum absolute atomic E-state index is 8.83. The van der Waals surface area contributed by atoms with Gasteiger partial charge in [-0.25, -0.2) is 0 Å². The minimum atomic E-state index is 0.0553. The molecule has 0 spiro atoms. The molecule has 2 atom stereocenters. The molecule has 78 valence electrons. The van der Waals surface area contributed by atoms with E-state index in [4.69, 9.17) is 14.6 Å². The van der Waals surface area contributed by atoms with Gasteiger partial charge in [0.2, 0.25) is 0 Å². The smallest absolute Gasteiger partial charge is 0.0814 e. The van der Waals surface area contributed by atoms with Gasteiger partial charge in [-0.15, -0.1) is 0 Å². The molecule has 3 nitrogen and oxygen atoms in total. The predicted octanol–water partition coefficient (Wildman–Crippen LogP) is 1.34. The molecule has 1 fully saturated rings.